The van der Waals surface area contributed by atoms with E-state index in [2.05, 4.69) is 24.1 Å². The molecule has 0 bridgehead atoms. The van der Waals surface area contributed by atoms with E-state index in [-0.39, 0.29) is 5.78 Å². The molecule has 0 spiro atoms. The van der Waals surface area contributed by atoms with Gasteiger partial charge < -0.3 is 0 Å². The number of rotatable bonds is 8. The Morgan fingerprint density at radius 1 is 1.11 bits per heavy atom. The Bertz CT molecular complexity index is 432. The molecule has 0 saturated carbocycles. The molecule has 2 heteroatoms. The van der Waals surface area contributed by atoms with Gasteiger partial charge in [0.15, 0.2) is 5.78 Å². The molecule has 19 heavy (non-hydrogen) atoms. The lowest BCUT2D eigenvalue weighted by atomic mass is 10.0. The molecular formula is C17H23NO. The first-order chi connectivity index (χ1) is 9.06. The second-order valence-corrected chi connectivity index (χ2v) is 4.89. The van der Waals surface area contributed by atoms with Crippen LogP contribution in [0.5, 0.6) is 0 Å². The maximum absolute atomic E-state index is 12.2. The first-order valence-electron chi connectivity index (χ1n) is 6.62. The standard InChI is InChI=1S/C17H23NO/c1-5-8-18(9-6-2)10-7-17(19)16-12-14(3)11-15(4)13-16/h5-6,11-13H,1-2,7-10H2,3-4H3. The van der Waals surface area contributed by atoms with Crippen LogP contribution in [0.3, 0.4) is 0 Å². The highest BCUT2D eigenvalue weighted by Crippen LogP contribution is 2.11. The van der Waals surface area contributed by atoms with Crippen molar-refractivity contribution < 1.29 is 4.79 Å². The Balaban J connectivity index is 2.63. The third kappa shape index (κ3) is 5.23. The monoisotopic (exact) mass is 257 g/mol. The number of carbonyl (C=O) groups excluding carboxylic acids is 1. The van der Waals surface area contributed by atoms with Crippen LogP contribution in [0.1, 0.15) is 27.9 Å². The average molecular weight is 257 g/mol. The van der Waals surface area contributed by atoms with E-state index in [0.29, 0.717) is 6.42 Å². The van der Waals surface area contributed by atoms with E-state index in [0.717, 1.165) is 36.3 Å². The number of Topliss-reactive ketones (excluding diaryl/α,β-unsaturated/α-hetero) is 1. The molecule has 0 amide bonds. The second-order valence-electron chi connectivity index (χ2n) is 4.89. The number of ketones is 1. The number of carbonyl (C=O) groups is 1. The summed E-state index contributed by atoms with van der Waals surface area (Å²) >= 11 is 0. The summed E-state index contributed by atoms with van der Waals surface area (Å²) in [5.41, 5.74) is 3.09. The topological polar surface area (TPSA) is 20.3 Å². The first-order valence-corrected chi connectivity index (χ1v) is 6.62. The molecule has 1 aromatic rings. The molecule has 0 unspecified atom stereocenters. The third-order valence-electron chi connectivity index (χ3n) is 2.97. The van der Waals surface area contributed by atoms with Crippen LogP contribution in [0.2, 0.25) is 0 Å². The Morgan fingerprint density at radius 2 is 1.63 bits per heavy atom. The van der Waals surface area contributed by atoms with Gasteiger partial charge in [0.05, 0.1) is 0 Å². The van der Waals surface area contributed by atoms with Crippen molar-refractivity contribution in [3.8, 4) is 0 Å². The maximum Gasteiger partial charge on any atom is 0.164 e. The summed E-state index contributed by atoms with van der Waals surface area (Å²) in [6, 6.07) is 6.00. The van der Waals surface area contributed by atoms with Gasteiger partial charge in [-0.15, -0.1) is 13.2 Å². The highest BCUT2D eigenvalue weighted by molar-refractivity contribution is 5.96. The van der Waals surface area contributed by atoms with Crippen molar-refractivity contribution >= 4 is 5.78 Å². The SMILES string of the molecule is C=CCN(CC=C)CCC(=O)c1cc(C)cc(C)c1. The fourth-order valence-electron chi connectivity index (χ4n) is 2.16. The molecule has 0 aromatic heterocycles. The molecule has 0 heterocycles. The van der Waals surface area contributed by atoms with E-state index in [9.17, 15) is 4.79 Å². The lowest BCUT2D eigenvalue weighted by molar-refractivity contribution is 0.0968. The van der Waals surface area contributed by atoms with Crippen molar-refractivity contribution in [1.82, 2.24) is 4.90 Å². The van der Waals surface area contributed by atoms with Crippen molar-refractivity contribution in [2.24, 2.45) is 0 Å². The van der Waals surface area contributed by atoms with Crippen molar-refractivity contribution in [3.05, 3.63) is 60.2 Å². The summed E-state index contributed by atoms with van der Waals surface area (Å²) in [4.78, 5) is 14.3. The van der Waals surface area contributed by atoms with Crippen LogP contribution >= 0.6 is 0 Å². The number of nitrogens with zero attached hydrogens (tertiary/aromatic N) is 1. The summed E-state index contributed by atoms with van der Waals surface area (Å²) in [6.07, 6.45) is 4.24. The molecule has 0 aliphatic carbocycles. The Kier molecular flexibility index (Phi) is 6.23. The van der Waals surface area contributed by atoms with E-state index in [4.69, 9.17) is 0 Å². The molecule has 0 aliphatic heterocycles. The zero-order valence-corrected chi connectivity index (χ0v) is 12.0. The van der Waals surface area contributed by atoms with Gasteiger partial charge in [-0.2, -0.15) is 0 Å². The second kappa shape index (κ2) is 7.70. The van der Waals surface area contributed by atoms with Crippen LogP contribution in [0.15, 0.2) is 43.5 Å². The van der Waals surface area contributed by atoms with E-state index >= 15 is 0 Å². The van der Waals surface area contributed by atoms with Crippen LogP contribution < -0.4 is 0 Å². The number of aryl methyl sites for hydroxylation is 2. The summed E-state index contributed by atoms with van der Waals surface area (Å²) in [6.45, 7) is 13.8. The summed E-state index contributed by atoms with van der Waals surface area (Å²) < 4.78 is 0. The van der Waals surface area contributed by atoms with Gasteiger partial charge in [-0.3, -0.25) is 9.69 Å². The quantitative estimate of drug-likeness (QED) is 0.524. The van der Waals surface area contributed by atoms with Crippen molar-refractivity contribution in [1.29, 1.82) is 0 Å². The van der Waals surface area contributed by atoms with E-state index < -0.39 is 0 Å². The van der Waals surface area contributed by atoms with Crippen LogP contribution in [0.4, 0.5) is 0 Å². The van der Waals surface area contributed by atoms with Crippen LogP contribution in [0, 0.1) is 13.8 Å². The van der Waals surface area contributed by atoms with Crippen LogP contribution in [0.25, 0.3) is 0 Å². The average Bonchev–Trinajstić information content (AvgIpc) is 2.35. The van der Waals surface area contributed by atoms with Crippen molar-refractivity contribution in [2.75, 3.05) is 19.6 Å². The molecule has 0 fully saturated rings. The molecule has 0 atom stereocenters. The predicted molar refractivity (Wildman–Crippen MR) is 81.7 cm³/mol. The lowest BCUT2D eigenvalue weighted by Gasteiger charge is -2.18. The van der Waals surface area contributed by atoms with Gasteiger partial charge in [-0.05, 0) is 26.0 Å². The molecular weight excluding hydrogens is 234 g/mol. The number of hydrogen-bond acceptors (Lipinski definition) is 2. The molecule has 1 rings (SSSR count). The van der Waals surface area contributed by atoms with Gasteiger partial charge in [0.25, 0.3) is 0 Å². The van der Waals surface area contributed by atoms with Gasteiger partial charge in [-0.1, -0.05) is 29.3 Å². The molecule has 0 radical (unpaired) electrons. The lowest BCUT2D eigenvalue weighted by Crippen LogP contribution is -2.26. The van der Waals surface area contributed by atoms with Crippen LogP contribution in [-0.4, -0.2) is 30.3 Å². The first kappa shape index (κ1) is 15.4. The summed E-state index contributed by atoms with van der Waals surface area (Å²) in [5.74, 6) is 0.199. The molecule has 102 valence electrons. The summed E-state index contributed by atoms with van der Waals surface area (Å²) in [5, 5.41) is 0. The zero-order chi connectivity index (χ0) is 14.3. The zero-order valence-electron chi connectivity index (χ0n) is 12.0. The molecule has 2 nitrogen and oxygen atoms in total. The van der Waals surface area contributed by atoms with E-state index in [1.165, 1.54) is 0 Å². The predicted octanol–water partition coefficient (Wildman–Crippen LogP) is 3.55. The summed E-state index contributed by atoms with van der Waals surface area (Å²) in [7, 11) is 0. The van der Waals surface area contributed by atoms with Crippen molar-refractivity contribution in [3.63, 3.8) is 0 Å². The molecule has 1 aromatic carbocycles. The van der Waals surface area contributed by atoms with E-state index in [1.807, 2.05) is 38.1 Å². The van der Waals surface area contributed by atoms with Crippen LogP contribution in [-0.2, 0) is 0 Å². The minimum Gasteiger partial charge on any atom is -0.296 e. The maximum atomic E-state index is 12.2. The Labute approximate surface area is 116 Å². The van der Waals surface area contributed by atoms with Gasteiger partial charge in [0, 0.05) is 31.6 Å². The molecule has 0 aliphatic rings. The normalized spacial score (nSPS) is 10.5. The number of benzene rings is 1. The molecule has 0 N–H and O–H groups in total. The Hall–Kier alpha value is -1.67. The van der Waals surface area contributed by atoms with E-state index in [1.54, 1.807) is 0 Å². The van der Waals surface area contributed by atoms with Crippen molar-refractivity contribution in [2.45, 2.75) is 20.3 Å². The van der Waals surface area contributed by atoms with Gasteiger partial charge in [0.1, 0.15) is 0 Å². The minimum absolute atomic E-state index is 0.199. The third-order valence-corrected chi connectivity index (χ3v) is 2.97. The smallest absolute Gasteiger partial charge is 0.164 e. The highest BCUT2D eigenvalue weighted by Gasteiger charge is 2.09. The highest BCUT2D eigenvalue weighted by atomic mass is 16.1. The van der Waals surface area contributed by atoms with Gasteiger partial charge in [0.2, 0.25) is 0 Å². The Morgan fingerprint density at radius 3 is 2.11 bits per heavy atom. The molecule has 0 saturated heterocycles. The van der Waals surface area contributed by atoms with Gasteiger partial charge >= 0.3 is 0 Å². The largest absolute Gasteiger partial charge is 0.296 e. The fraction of sp³-hybridized carbons (Fsp3) is 0.353. The van der Waals surface area contributed by atoms with Gasteiger partial charge in [-0.25, -0.2) is 0 Å². The fourth-order valence-corrected chi connectivity index (χ4v) is 2.16. The number of hydrogen-bond donors (Lipinski definition) is 0. The minimum atomic E-state index is 0.199.